The van der Waals surface area contributed by atoms with Gasteiger partial charge >= 0.3 is 12.1 Å². The largest absolute Gasteiger partial charge is 0.471 e. The molecule has 3 aromatic rings. The first-order chi connectivity index (χ1) is 14.8. The molecule has 1 saturated carbocycles. The number of alkyl halides is 3. The fraction of sp³-hybridized carbons (Fsp3) is 0.273. The Bertz CT molecular complexity index is 1110. The van der Waals surface area contributed by atoms with Gasteiger partial charge < -0.3 is 9.42 Å². The van der Waals surface area contributed by atoms with Crippen molar-refractivity contribution < 1.29 is 22.5 Å². The van der Waals surface area contributed by atoms with Crippen LogP contribution < -0.4 is 0 Å². The van der Waals surface area contributed by atoms with E-state index in [4.69, 9.17) is 5.26 Å². The second-order valence-corrected chi connectivity index (χ2v) is 7.36. The molecule has 1 fully saturated rings. The Morgan fingerprint density at radius 1 is 1.10 bits per heavy atom. The first kappa shape index (κ1) is 20.6. The Kier molecular flexibility index (Phi) is 5.46. The molecule has 0 aliphatic heterocycles. The lowest BCUT2D eigenvalue weighted by atomic mass is 10.1. The molecule has 31 heavy (non-hydrogen) atoms. The zero-order valence-electron chi connectivity index (χ0n) is 16.3. The molecule has 0 atom stereocenters. The highest BCUT2D eigenvalue weighted by atomic mass is 19.4. The maximum atomic E-state index is 12.9. The number of hydrogen-bond donors (Lipinski definition) is 0. The third-order valence-electron chi connectivity index (χ3n) is 4.98. The van der Waals surface area contributed by atoms with Crippen LogP contribution in [0.15, 0.2) is 53.1 Å². The van der Waals surface area contributed by atoms with Gasteiger partial charge in [0.25, 0.3) is 0 Å². The number of benzene rings is 2. The number of amides is 1. The highest BCUT2D eigenvalue weighted by Crippen LogP contribution is 2.31. The van der Waals surface area contributed by atoms with E-state index in [2.05, 4.69) is 20.7 Å². The summed E-state index contributed by atoms with van der Waals surface area (Å²) in [6, 6.07) is 15.9. The highest BCUT2D eigenvalue weighted by molar-refractivity contribution is 5.79. The highest BCUT2D eigenvalue weighted by Gasteiger charge is 2.38. The Morgan fingerprint density at radius 2 is 1.74 bits per heavy atom. The number of nitrogens with zero attached hydrogens (tertiary/aromatic N) is 4. The molecule has 0 N–H and O–H groups in total. The molecule has 6 nitrogen and oxygen atoms in total. The van der Waals surface area contributed by atoms with Crippen LogP contribution >= 0.6 is 0 Å². The summed E-state index contributed by atoms with van der Waals surface area (Å²) in [7, 11) is 0. The van der Waals surface area contributed by atoms with Crippen molar-refractivity contribution in [2.24, 2.45) is 0 Å². The summed E-state index contributed by atoms with van der Waals surface area (Å²) in [5.41, 5.74) is 2.62. The summed E-state index contributed by atoms with van der Waals surface area (Å²) in [4.78, 5) is 18.1. The minimum Gasteiger partial charge on any atom is -0.335 e. The van der Waals surface area contributed by atoms with Gasteiger partial charge in [-0.25, -0.2) is 0 Å². The van der Waals surface area contributed by atoms with E-state index in [0.29, 0.717) is 17.7 Å². The SMILES string of the molecule is N#Cc1ccc(CC(=O)N(Cc2ccc(-c3noc(C(F)(F)F)n3)cc2)C2CC2)cc1. The molecule has 0 spiro atoms. The summed E-state index contributed by atoms with van der Waals surface area (Å²) >= 11 is 0. The summed E-state index contributed by atoms with van der Waals surface area (Å²) in [6.07, 6.45) is -2.56. The van der Waals surface area contributed by atoms with Gasteiger partial charge in [0.15, 0.2) is 0 Å². The predicted octanol–water partition coefficient (Wildman–Crippen LogP) is 4.36. The summed E-state index contributed by atoms with van der Waals surface area (Å²) in [5.74, 6) is -1.54. The van der Waals surface area contributed by atoms with Crippen molar-refractivity contribution in [1.29, 1.82) is 5.26 Å². The topological polar surface area (TPSA) is 83.0 Å². The van der Waals surface area contributed by atoms with E-state index in [1.807, 2.05) is 4.90 Å². The molecular formula is C22H17F3N4O2. The standard InChI is InChI=1S/C22H17F3N4O2/c23-22(24,25)21-27-20(28-31-21)17-7-5-16(6-8-17)13-29(18-9-10-18)19(30)11-14-1-3-15(12-26)4-2-14/h1-8,18H,9-11,13H2. The van der Waals surface area contributed by atoms with E-state index in [-0.39, 0.29) is 24.2 Å². The van der Waals surface area contributed by atoms with E-state index in [1.165, 1.54) is 0 Å². The lowest BCUT2D eigenvalue weighted by molar-refractivity contribution is -0.159. The van der Waals surface area contributed by atoms with Crippen molar-refractivity contribution in [3.8, 4) is 17.5 Å². The average molecular weight is 426 g/mol. The third kappa shape index (κ3) is 4.91. The normalized spacial score (nSPS) is 13.6. The fourth-order valence-corrected chi connectivity index (χ4v) is 3.19. The van der Waals surface area contributed by atoms with Gasteiger partial charge in [0.2, 0.25) is 11.7 Å². The van der Waals surface area contributed by atoms with Crippen LogP contribution in [0.3, 0.4) is 0 Å². The summed E-state index contributed by atoms with van der Waals surface area (Å²) in [6.45, 7) is 0.403. The molecule has 1 aliphatic rings. The van der Waals surface area contributed by atoms with E-state index < -0.39 is 12.1 Å². The van der Waals surface area contributed by atoms with Gasteiger partial charge in [0.05, 0.1) is 18.1 Å². The van der Waals surface area contributed by atoms with Gasteiger partial charge in [0.1, 0.15) is 0 Å². The molecule has 158 valence electrons. The van der Waals surface area contributed by atoms with Crippen molar-refractivity contribution in [1.82, 2.24) is 15.0 Å². The van der Waals surface area contributed by atoms with Crippen LogP contribution in [0.4, 0.5) is 13.2 Å². The Balaban J connectivity index is 1.44. The molecule has 1 amide bonds. The molecule has 9 heteroatoms. The van der Waals surface area contributed by atoms with Gasteiger partial charge in [0, 0.05) is 18.2 Å². The van der Waals surface area contributed by atoms with Gasteiger partial charge in [-0.2, -0.15) is 23.4 Å². The minimum absolute atomic E-state index is 0.00993. The van der Waals surface area contributed by atoms with Gasteiger partial charge in [-0.1, -0.05) is 41.6 Å². The van der Waals surface area contributed by atoms with Gasteiger partial charge in [-0.3, -0.25) is 4.79 Å². The lowest BCUT2D eigenvalue weighted by Gasteiger charge is -2.23. The lowest BCUT2D eigenvalue weighted by Crippen LogP contribution is -2.33. The van der Waals surface area contributed by atoms with Crippen LogP contribution in [0.25, 0.3) is 11.4 Å². The van der Waals surface area contributed by atoms with E-state index in [9.17, 15) is 18.0 Å². The number of rotatable bonds is 6. The van der Waals surface area contributed by atoms with Crippen LogP contribution in [0.1, 0.15) is 35.4 Å². The number of hydrogen-bond acceptors (Lipinski definition) is 5. The number of carbonyl (C=O) groups is 1. The second kappa shape index (κ2) is 8.22. The molecule has 1 aliphatic carbocycles. The molecule has 2 aromatic carbocycles. The molecule has 1 heterocycles. The van der Waals surface area contributed by atoms with Crippen molar-refractivity contribution in [3.63, 3.8) is 0 Å². The van der Waals surface area contributed by atoms with E-state index >= 15 is 0 Å². The average Bonchev–Trinajstić information content (AvgIpc) is 3.46. The van der Waals surface area contributed by atoms with Crippen LogP contribution in [-0.4, -0.2) is 27.0 Å². The minimum atomic E-state index is -4.69. The van der Waals surface area contributed by atoms with E-state index in [1.54, 1.807) is 48.5 Å². The first-order valence-electron chi connectivity index (χ1n) is 9.62. The van der Waals surface area contributed by atoms with Gasteiger partial charge in [-0.05, 0) is 36.1 Å². The van der Waals surface area contributed by atoms with Crippen molar-refractivity contribution in [2.75, 3.05) is 0 Å². The first-order valence-corrected chi connectivity index (χ1v) is 9.62. The smallest absolute Gasteiger partial charge is 0.335 e. The monoisotopic (exact) mass is 426 g/mol. The van der Waals surface area contributed by atoms with Crippen LogP contribution in [0.2, 0.25) is 0 Å². The molecule has 0 saturated heterocycles. The molecule has 1 aromatic heterocycles. The molecular weight excluding hydrogens is 409 g/mol. The van der Waals surface area contributed by atoms with Gasteiger partial charge in [-0.15, -0.1) is 0 Å². The van der Waals surface area contributed by atoms with Crippen LogP contribution in [-0.2, 0) is 23.9 Å². The third-order valence-corrected chi connectivity index (χ3v) is 4.98. The Labute approximate surface area is 175 Å². The van der Waals surface area contributed by atoms with Crippen LogP contribution in [0.5, 0.6) is 0 Å². The molecule has 0 unspecified atom stereocenters. The molecule has 0 bridgehead atoms. The number of nitriles is 1. The fourth-order valence-electron chi connectivity index (χ4n) is 3.19. The zero-order chi connectivity index (χ0) is 22.0. The number of halogens is 3. The van der Waals surface area contributed by atoms with Crippen molar-refractivity contribution in [2.45, 2.75) is 38.0 Å². The quantitative estimate of drug-likeness (QED) is 0.585. The maximum Gasteiger partial charge on any atom is 0.471 e. The maximum absolute atomic E-state index is 12.9. The predicted molar refractivity (Wildman–Crippen MR) is 103 cm³/mol. The van der Waals surface area contributed by atoms with Crippen LogP contribution in [0, 0.1) is 11.3 Å². The number of aromatic nitrogens is 2. The summed E-state index contributed by atoms with van der Waals surface area (Å²) in [5, 5.41) is 12.3. The summed E-state index contributed by atoms with van der Waals surface area (Å²) < 4.78 is 42.1. The van der Waals surface area contributed by atoms with Crippen molar-refractivity contribution in [3.05, 3.63) is 71.1 Å². The molecule has 4 rings (SSSR count). The number of carbonyl (C=O) groups excluding carboxylic acids is 1. The van der Waals surface area contributed by atoms with Crippen molar-refractivity contribution >= 4 is 5.91 Å². The zero-order valence-corrected chi connectivity index (χ0v) is 16.3. The van der Waals surface area contributed by atoms with E-state index in [0.717, 1.165) is 24.0 Å². The second-order valence-electron chi connectivity index (χ2n) is 7.36. The Morgan fingerprint density at radius 3 is 2.29 bits per heavy atom. The Hall–Kier alpha value is -3.67. The molecule has 0 radical (unpaired) electrons.